The van der Waals surface area contributed by atoms with Crippen LogP contribution in [0.15, 0.2) is 162 Å². The molecule has 0 aliphatic carbocycles. The van der Waals surface area contributed by atoms with Gasteiger partial charge in [0, 0.05) is 58.6 Å². The fourth-order valence-electron chi connectivity index (χ4n) is 7.39. The van der Waals surface area contributed by atoms with Crippen molar-refractivity contribution >= 4 is 75.1 Å². The number of hydrogen-bond acceptors (Lipinski definition) is 6. The Balaban J connectivity index is 1.09. The molecule has 0 unspecified atom stereocenters. The largest absolute Gasteiger partial charge is 0.454 e. The van der Waals surface area contributed by atoms with E-state index < -0.39 is 0 Å². The Bertz CT molecular complexity index is 3200. The van der Waals surface area contributed by atoms with Gasteiger partial charge >= 0.3 is 0 Å². The molecule has 0 N–H and O–H groups in total. The second-order valence-corrected chi connectivity index (χ2v) is 14.1. The maximum Gasteiger partial charge on any atom is 0.165 e. The Morgan fingerprint density at radius 3 is 1.92 bits per heavy atom. The Hall–Kier alpha value is -6.76. The third-order valence-electron chi connectivity index (χ3n) is 9.92. The van der Waals surface area contributed by atoms with Crippen LogP contribution < -0.4 is 0 Å². The summed E-state index contributed by atoms with van der Waals surface area (Å²) in [5, 5.41) is 7.86. The lowest BCUT2D eigenvalue weighted by Crippen LogP contribution is -2.00. The van der Waals surface area contributed by atoms with Crippen LogP contribution in [-0.4, -0.2) is 19.9 Å². The third-order valence-corrected chi connectivity index (χ3v) is 11.1. The first kappa shape index (κ1) is 29.0. The molecule has 4 heterocycles. The van der Waals surface area contributed by atoms with Gasteiger partial charge in [-0.15, -0.1) is 11.3 Å². The molecule has 0 aliphatic rings. The normalized spacial score (nSPS) is 11.8. The number of furan rings is 1. The predicted octanol–water partition coefficient (Wildman–Crippen LogP) is 12.5. The average Bonchev–Trinajstić information content (AvgIpc) is 3.79. The van der Waals surface area contributed by atoms with E-state index in [4.69, 9.17) is 24.4 Å². The van der Waals surface area contributed by atoms with Gasteiger partial charge in [0.2, 0.25) is 0 Å². The summed E-state index contributed by atoms with van der Waals surface area (Å²) in [6.07, 6.45) is 0. The zero-order chi connectivity index (χ0) is 34.2. The van der Waals surface area contributed by atoms with Gasteiger partial charge in [0.15, 0.2) is 23.1 Å². The van der Waals surface area contributed by atoms with E-state index in [-0.39, 0.29) is 0 Å². The second kappa shape index (κ2) is 11.4. The summed E-state index contributed by atoms with van der Waals surface area (Å²) in [5.74, 6) is 1.91. The van der Waals surface area contributed by atoms with Crippen LogP contribution in [0.4, 0.5) is 0 Å². The summed E-state index contributed by atoms with van der Waals surface area (Å²) in [6.45, 7) is 0. The molecule has 0 atom stereocenters. The van der Waals surface area contributed by atoms with E-state index >= 15 is 0 Å². The SMILES string of the molecule is c1ccc2cc(-c3nc(-c4ccc(-c5nc6c7ccccc7oc6c6ccccc56)cc4)nc(-c4cccc5c4sc4ccccc45)n3)ccc2c1. The lowest BCUT2D eigenvalue weighted by atomic mass is 10.0. The highest BCUT2D eigenvalue weighted by atomic mass is 32.1. The first-order valence-electron chi connectivity index (χ1n) is 17.2. The summed E-state index contributed by atoms with van der Waals surface area (Å²) in [5.41, 5.74) is 7.27. The minimum absolute atomic E-state index is 0.618. The first-order chi connectivity index (χ1) is 25.7. The molecule has 7 aromatic carbocycles. The molecule has 5 nitrogen and oxygen atoms in total. The van der Waals surface area contributed by atoms with Gasteiger partial charge in [-0.05, 0) is 41.1 Å². The molecular formula is C46H26N4OS. The molecule has 0 aliphatic heterocycles. The second-order valence-electron chi connectivity index (χ2n) is 13.0. The van der Waals surface area contributed by atoms with E-state index in [1.807, 2.05) is 30.3 Å². The molecule has 6 heteroatoms. The van der Waals surface area contributed by atoms with E-state index in [2.05, 4.69) is 127 Å². The van der Waals surface area contributed by atoms with E-state index in [9.17, 15) is 0 Å². The van der Waals surface area contributed by atoms with E-state index in [0.29, 0.717) is 17.5 Å². The van der Waals surface area contributed by atoms with Crippen molar-refractivity contribution in [3.05, 3.63) is 158 Å². The van der Waals surface area contributed by atoms with Crippen LogP contribution in [-0.2, 0) is 0 Å². The van der Waals surface area contributed by atoms with Crippen LogP contribution in [0.5, 0.6) is 0 Å². The molecule has 0 fully saturated rings. The Morgan fingerprint density at radius 1 is 0.423 bits per heavy atom. The molecule has 11 rings (SSSR count). The molecular weight excluding hydrogens is 657 g/mol. The number of aromatic nitrogens is 4. The highest BCUT2D eigenvalue weighted by Gasteiger charge is 2.19. The van der Waals surface area contributed by atoms with Crippen LogP contribution in [0.1, 0.15) is 0 Å². The highest BCUT2D eigenvalue weighted by molar-refractivity contribution is 7.26. The molecule has 0 amide bonds. The van der Waals surface area contributed by atoms with Gasteiger partial charge in [-0.25, -0.2) is 19.9 Å². The van der Waals surface area contributed by atoms with Crippen molar-refractivity contribution in [2.75, 3.05) is 0 Å². The zero-order valence-corrected chi connectivity index (χ0v) is 28.4. The summed E-state index contributed by atoms with van der Waals surface area (Å²) in [6, 6.07) is 54.5. The molecule has 11 aromatic rings. The third kappa shape index (κ3) is 4.55. The van der Waals surface area contributed by atoms with Crippen molar-refractivity contribution in [3.8, 4) is 45.4 Å². The van der Waals surface area contributed by atoms with Crippen LogP contribution in [0, 0.1) is 0 Å². The van der Waals surface area contributed by atoms with Crippen LogP contribution >= 0.6 is 11.3 Å². The van der Waals surface area contributed by atoms with Gasteiger partial charge in [0.25, 0.3) is 0 Å². The van der Waals surface area contributed by atoms with Crippen molar-refractivity contribution in [3.63, 3.8) is 0 Å². The summed E-state index contributed by atoms with van der Waals surface area (Å²) in [7, 11) is 0. The maximum absolute atomic E-state index is 6.31. The molecule has 52 heavy (non-hydrogen) atoms. The molecule has 242 valence electrons. The number of fused-ring (bicyclic) bond motifs is 9. The van der Waals surface area contributed by atoms with Crippen molar-refractivity contribution in [1.82, 2.24) is 19.9 Å². The van der Waals surface area contributed by atoms with Crippen LogP contribution in [0.2, 0.25) is 0 Å². The highest BCUT2D eigenvalue weighted by Crippen LogP contribution is 2.41. The number of hydrogen-bond donors (Lipinski definition) is 0. The fourth-order valence-corrected chi connectivity index (χ4v) is 8.60. The summed E-state index contributed by atoms with van der Waals surface area (Å²) in [4.78, 5) is 20.6. The topological polar surface area (TPSA) is 64.7 Å². The van der Waals surface area contributed by atoms with Gasteiger partial charge in [0.1, 0.15) is 11.1 Å². The number of rotatable bonds is 4. The standard InChI is InChI=1S/C46H26N4OS/c1-2-11-30-26-31(25-20-27(30)10-1)45-48-44(49-46(50-45)37-17-9-16-35-32-12-6-8-19-39(32)52-43(35)37)29-23-21-28(22-24-29)40-33-13-3-4-14-34(33)42-41(47-40)36-15-5-7-18-38(36)51-42/h1-26H. The molecule has 0 spiro atoms. The van der Waals surface area contributed by atoms with Crippen molar-refractivity contribution in [2.24, 2.45) is 0 Å². The van der Waals surface area contributed by atoms with Crippen molar-refractivity contribution < 1.29 is 4.42 Å². The van der Waals surface area contributed by atoms with E-state index in [1.165, 1.54) is 25.6 Å². The molecule has 4 aromatic heterocycles. The van der Waals surface area contributed by atoms with Crippen LogP contribution in [0.25, 0.3) is 109 Å². The van der Waals surface area contributed by atoms with Crippen molar-refractivity contribution in [2.45, 2.75) is 0 Å². The lowest BCUT2D eigenvalue weighted by molar-refractivity contribution is 0.672. The van der Waals surface area contributed by atoms with Gasteiger partial charge in [-0.3, -0.25) is 0 Å². The average molecular weight is 683 g/mol. The maximum atomic E-state index is 6.31. The predicted molar refractivity (Wildman–Crippen MR) is 215 cm³/mol. The van der Waals surface area contributed by atoms with E-state index in [1.54, 1.807) is 11.3 Å². The summed E-state index contributed by atoms with van der Waals surface area (Å²) >= 11 is 1.78. The zero-order valence-electron chi connectivity index (χ0n) is 27.6. The Kier molecular flexibility index (Phi) is 6.35. The Morgan fingerprint density at radius 2 is 1.06 bits per heavy atom. The van der Waals surface area contributed by atoms with Gasteiger partial charge in [0.05, 0.1) is 5.69 Å². The first-order valence-corrected chi connectivity index (χ1v) is 18.0. The minimum atomic E-state index is 0.618. The molecule has 0 saturated heterocycles. The molecule has 0 bridgehead atoms. The molecule has 0 saturated carbocycles. The van der Waals surface area contributed by atoms with Crippen LogP contribution in [0.3, 0.4) is 0 Å². The quantitative estimate of drug-likeness (QED) is 0.185. The monoisotopic (exact) mass is 682 g/mol. The lowest BCUT2D eigenvalue weighted by Gasteiger charge is -2.11. The molecule has 0 radical (unpaired) electrons. The van der Waals surface area contributed by atoms with E-state index in [0.717, 1.165) is 66.2 Å². The number of pyridine rings is 1. The number of para-hydroxylation sites is 1. The van der Waals surface area contributed by atoms with Crippen molar-refractivity contribution in [1.29, 1.82) is 0 Å². The number of benzene rings is 7. The Labute approximate surface area is 301 Å². The number of thiophene rings is 1. The smallest absolute Gasteiger partial charge is 0.165 e. The van der Waals surface area contributed by atoms with Gasteiger partial charge in [-0.1, -0.05) is 127 Å². The van der Waals surface area contributed by atoms with Gasteiger partial charge < -0.3 is 4.42 Å². The summed E-state index contributed by atoms with van der Waals surface area (Å²) < 4.78 is 8.72. The number of nitrogens with zero attached hydrogens (tertiary/aromatic N) is 4. The fraction of sp³-hybridized carbons (Fsp3) is 0. The van der Waals surface area contributed by atoms with Gasteiger partial charge in [-0.2, -0.15) is 0 Å². The minimum Gasteiger partial charge on any atom is -0.454 e.